The van der Waals surface area contributed by atoms with Gasteiger partial charge in [0, 0.05) is 0 Å². The van der Waals surface area contributed by atoms with Gasteiger partial charge in [0.2, 0.25) is 0 Å². The number of hydrogen-bond acceptors (Lipinski definition) is 2. The fraction of sp³-hybridized carbons (Fsp3) is 0.188. The van der Waals surface area contributed by atoms with Crippen LogP contribution in [0.1, 0.15) is 11.1 Å². The Hall–Kier alpha value is -2.07. The highest BCUT2D eigenvalue weighted by atomic mass is 32.1. The van der Waals surface area contributed by atoms with Gasteiger partial charge < -0.3 is 9.72 Å². The molecule has 0 saturated carbocycles. The number of para-hydroxylation sites is 1. The summed E-state index contributed by atoms with van der Waals surface area (Å²) >= 11 is 5.49. The number of nitrogens with one attached hydrogen (secondary N) is 1. The first-order valence-electron chi connectivity index (χ1n) is 6.47. The first kappa shape index (κ1) is 12.9. The summed E-state index contributed by atoms with van der Waals surface area (Å²) in [7, 11) is 1.68. The molecule has 0 bridgehead atoms. The van der Waals surface area contributed by atoms with Gasteiger partial charge in [-0.05, 0) is 61.5 Å². The van der Waals surface area contributed by atoms with E-state index in [0.29, 0.717) is 4.77 Å². The molecular formula is C16H16N2OS. The van der Waals surface area contributed by atoms with E-state index in [1.165, 1.54) is 5.56 Å². The minimum absolute atomic E-state index is 0.711. The number of aromatic nitrogens is 2. The van der Waals surface area contributed by atoms with Gasteiger partial charge in [-0.2, -0.15) is 0 Å². The van der Waals surface area contributed by atoms with Crippen molar-refractivity contribution in [1.29, 1.82) is 0 Å². The summed E-state index contributed by atoms with van der Waals surface area (Å²) < 4.78 is 8.07. The predicted molar refractivity (Wildman–Crippen MR) is 84.5 cm³/mol. The van der Waals surface area contributed by atoms with E-state index in [-0.39, 0.29) is 0 Å². The lowest BCUT2D eigenvalue weighted by atomic mass is 10.1. The van der Waals surface area contributed by atoms with Gasteiger partial charge in [0.25, 0.3) is 0 Å². The number of fused-ring (bicyclic) bond motifs is 1. The summed E-state index contributed by atoms with van der Waals surface area (Å²) in [5.41, 5.74) is 5.60. The Balaban J connectivity index is 2.35. The van der Waals surface area contributed by atoms with E-state index < -0.39 is 0 Å². The molecule has 0 radical (unpaired) electrons. The van der Waals surface area contributed by atoms with Crippen LogP contribution < -0.4 is 4.74 Å². The number of imidazole rings is 1. The first-order valence-corrected chi connectivity index (χ1v) is 6.88. The van der Waals surface area contributed by atoms with Crippen molar-refractivity contribution in [2.45, 2.75) is 13.8 Å². The Morgan fingerprint density at radius 2 is 1.90 bits per heavy atom. The maximum absolute atomic E-state index is 5.49. The van der Waals surface area contributed by atoms with Crippen molar-refractivity contribution in [3.63, 3.8) is 0 Å². The molecule has 3 nitrogen and oxygen atoms in total. The van der Waals surface area contributed by atoms with Crippen LogP contribution in [0.2, 0.25) is 0 Å². The van der Waals surface area contributed by atoms with Crippen molar-refractivity contribution < 1.29 is 4.74 Å². The van der Waals surface area contributed by atoms with Crippen LogP contribution in [-0.4, -0.2) is 16.7 Å². The standard InChI is InChI=1S/C16H16N2OS/c1-10-5-4-6-13-15(10)18(16(20)17-13)14-8-7-12(19-3)9-11(14)2/h4-9H,1-3H3,(H,17,20). The van der Waals surface area contributed by atoms with Gasteiger partial charge in [0.15, 0.2) is 4.77 Å². The van der Waals surface area contributed by atoms with Crippen LogP contribution >= 0.6 is 12.2 Å². The van der Waals surface area contributed by atoms with Crippen LogP contribution in [0.3, 0.4) is 0 Å². The highest BCUT2D eigenvalue weighted by Crippen LogP contribution is 2.26. The van der Waals surface area contributed by atoms with Crippen LogP contribution in [0.25, 0.3) is 16.7 Å². The molecule has 2 aromatic carbocycles. The number of aryl methyl sites for hydroxylation is 2. The molecule has 0 spiro atoms. The largest absolute Gasteiger partial charge is 0.497 e. The molecule has 0 aliphatic heterocycles. The SMILES string of the molecule is COc1ccc(-n2c(=S)[nH]c3cccc(C)c32)c(C)c1. The second-order valence-electron chi connectivity index (χ2n) is 4.89. The number of aromatic amines is 1. The molecule has 0 unspecified atom stereocenters. The number of hydrogen-bond donors (Lipinski definition) is 1. The van der Waals surface area contributed by atoms with Crippen molar-refractivity contribution in [3.8, 4) is 11.4 Å². The minimum Gasteiger partial charge on any atom is -0.497 e. The van der Waals surface area contributed by atoms with Crippen LogP contribution in [0.4, 0.5) is 0 Å². The third-order valence-corrected chi connectivity index (χ3v) is 3.84. The number of ether oxygens (including phenoxy) is 1. The zero-order valence-corrected chi connectivity index (χ0v) is 12.5. The highest BCUT2D eigenvalue weighted by Gasteiger charge is 2.11. The summed E-state index contributed by atoms with van der Waals surface area (Å²) in [6, 6.07) is 12.2. The molecule has 1 aromatic heterocycles. The van der Waals surface area contributed by atoms with Crippen LogP contribution in [0.5, 0.6) is 5.75 Å². The van der Waals surface area contributed by atoms with Gasteiger partial charge in [0.1, 0.15) is 5.75 Å². The molecular weight excluding hydrogens is 268 g/mol. The molecule has 0 atom stereocenters. The van der Waals surface area contributed by atoms with E-state index in [9.17, 15) is 0 Å². The summed E-state index contributed by atoms with van der Waals surface area (Å²) in [5, 5.41) is 0. The third kappa shape index (κ3) is 1.93. The van der Waals surface area contributed by atoms with Gasteiger partial charge >= 0.3 is 0 Å². The monoisotopic (exact) mass is 284 g/mol. The second-order valence-corrected chi connectivity index (χ2v) is 5.28. The lowest BCUT2D eigenvalue weighted by Gasteiger charge is -2.11. The minimum atomic E-state index is 0.711. The maximum atomic E-state index is 5.49. The molecule has 102 valence electrons. The van der Waals surface area contributed by atoms with Crippen LogP contribution in [-0.2, 0) is 0 Å². The Kier molecular flexibility index (Phi) is 3.10. The topological polar surface area (TPSA) is 29.9 Å². The zero-order chi connectivity index (χ0) is 14.3. The van der Waals surface area contributed by atoms with Crippen molar-refractivity contribution in [2.75, 3.05) is 7.11 Å². The van der Waals surface area contributed by atoms with Crippen LogP contribution in [0.15, 0.2) is 36.4 Å². The predicted octanol–water partition coefficient (Wildman–Crippen LogP) is 4.31. The first-order chi connectivity index (χ1) is 9.61. The molecule has 0 amide bonds. The molecule has 0 saturated heterocycles. The Bertz CT molecular complexity index is 845. The summed E-state index contributed by atoms with van der Waals surface area (Å²) in [4.78, 5) is 3.27. The van der Waals surface area contributed by atoms with Crippen molar-refractivity contribution in [2.24, 2.45) is 0 Å². The Morgan fingerprint density at radius 1 is 1.10 bits per heavy atom. The lowest BCUT2D eigenvalue weighted by molar-refractivity contribution is 0.414. The zero-order valence-electron chi connectivity index (χ0n) is 11.7. The smallest absolute Gasteiger partial charge is 0.182 e. The van der Waals surface area contributed by atoms with Crippen molar-refractivity contribution in [3.05, 3.63) is 52.3 Å². The maximum Gasteiger partial charge on any atom is 0.182 e. The quantitative estimate of drug-likeness (QED) is 0.710. The van der Waals surface area contributed by atoms with E-state index in [0.717, 1.165) is 28.0 Å². The van der Waals surface area contributed by atoms with Crippen molar-refractivity contribution >= 4 is 23.3 Å². The van der Waals surface area contributed by atoms with Crippen molar-refractivity contribution in [1.82, 2.24) is 9.55 Å². The van der Waals surface area contributed by atoms with E-state index >= 15 is 0 Å². The normalized spacial score (nSPS) is 10.9. The summed E-state index contributed by atoms with van der Waals surface area (Å²) in [6.07, 6.45) is 0. The van der Waals surface area contributed by atoms with Gasteiger partial charge in [-0.15, -0.1) is 0 Å². The molecule has 0 fully saturated rings. The molecule has 3 rings (SSSR count). The number of methoxy groups -OCH3 is 1. The fourth-order valence-corrected chi connectivity index (χ4v) is 2.86. The fourth-order valence-electron chi connectivity index (χ4n) is 2.56. The van der Waals surface area contributed by atoms with Gasteiger partial charge in [-0.25, -0.2) is 0 Å². The second kappa shape index (κ2) is 4.80. The number of benzene rings is 2. The van der Waals surface area contributed by atoms with Crippen LogP contribution in [0, 0.1) is 18.6 Å². The Labute approximate surface area is 122 Å². The molecule has 20 heavy (non-hydrogen) atoms. The number of H-pyrrole nitrogens is 1. The highest BCUT2D eigenvalue weighted by molar-refractivity contribution is 7.71. The molecule has 3 aromatic rings. The van der Waals surface area contributed by atoms with E-state index in [1.807, 2.05) is 30.3 Å². The molecule has 1 N–H and O–H groups in total. The van der Waals surface area contributed by atoms with Gasteiger partial charge in [-0.1, -0.05) is 12.1 Å². The average Bonchev–Trinajstić information content (AvgIpc) is 2.76. The van der Waals surface area contributed by atoms with E-state index in [2.05, 4.69) is 29.5 Å². The average molecular weight is 284 g/mol. The lowest BCUT2D eigenvalue weighted by Crippen LogP contribution is -1.98. The van der Waals surface area contributed by atoms with E-state index in [4.69, 9.17) is 17.0 Å². The summed E-state index contributed by atoms with van der Waals surface area (Å²) in [5.74, 6) is 0.856. The molecule has 4 heteroatoms. The Morgan fingerprint density at radius 3 is 2.60 bits per heavy atom. The number of nitrogens with zero attached hydrogens (tertiary/aromatic N) is 1. The molecule has 0 aliphatic rings. The van der Waals surface area contributed by atoms with E-state index in [1.54, 1.807) is 7.11 Å². The third-order valence-electron chi connectivity index (χ3n) is 3.55. The molecule has 1 heterocycles. The molecule has 0 aliphatic carbocycles. The summed E-state index contributed by atoms with van der Waals surface area (Å²) in [6.45, 7) is 4.16. The van der Waals surface area contributed by atoms with Gasteiger partial charge in [-0.3, -0.25) is 4.57 Å². The number of rotatable bonds is 2. The van der Waals surface area contributed by atoms with Gasteiger partial charge in [0.05, 0.1) is 23.8 Å².